The van der Waals surface area contributed by atoms with Gasteiger partial charge in [0, 0.05) is 35.4 Å². The second-order valence-electron chi connectivity index (χ2n) is 6.96. The van der Waals surface area contributed by atoms with E-state index < -0.39 is 0 Å². The predicted molar refractivity (Wildman–Crippen MR) is 124 cm³/mol. The molecule has 0 saturated carbocycles. The number of nitrogens with one attached hydrogen (secondary N) is 2. The summed E-state index contributed by atoms with van der Waals surface area (Å²) < 4.78 is 5.41. The van der Waals surface area contributed by atoms with Crippen LogP contribution in [0.1, 0.15) is 22.8 Å². The lowest BCUT2D eigenvalue weighted by molar-refractivity contribution is -0.119. The first-order valence-corrected chi connectivity index (χ1v) is 10.6. The van der Waals surface area contributed by atoms with Crippen LogP contribution in [0.15, 0.2) is 66.0 Å². The Morgan fingerprint density at radius 1 is 1.00 bits per heavy atom. The lowest BCUT2D eigenvalue weighted by Crippen LogP contribution is -2.18. The first kappa shape index (κ1) is 20.6. The van der Waals surface area contributed by atoms with E-state index in [1.54, 1.807) is 19.2 Å². The van der Waals surface area contributed by atoms with Crippen molar-refractivity contribution in [3.05, 3.63) is 77.2 Å². The fraction of sp³-hybridized carbons (Fsp3) is 0.125. The Morgan fingerprint density at radius 2 is 1.74 bits per heavy atom. The number of hydrogen-bond donors (Lipinski definition) is 2. The van der Waals surface area contributed by atoms with Crippen molar-refractivity contribution in [1.82, 2.24) is 10.3 Å². The average molecular weight is 432 g/mol. The molecule has 156 valence electrons. The fourth-order valence-electron chi connectivity index (χ4n) is 3.30. The van der Waals surface area contributed by atoms with Gasteiger partial charge in [-0.25, -0.2) is 4.98 Å². The van der Waals surface area contributed by atoms with E-state index in [0.717, 1.165) is 33.3 Å². The second-order valence-corrected chi connectivity index (χ2v) is 7.82. The summed E-state index contributed by atoms with van der Waals surface area (Å²) in [5.41, 5.74) is 3.30. The monoisotopic (exact) mass is 431 g/mol. The SMILES string of the molecule is COc1ccc(C(=O)Nc2nc(-c3ccc(CNC(C)=O)cc3)cs2)c2ccccc12. The normalized spacial score (nSPS) is 10.6. The van der Waals surface area contributed by atoms with Crippen LogP contribution in [0.4, 0.5) is 5.13 Å². The van der Waals surface area contributed by atoms with Crippen LogP contribution in [-0.4, -0.2) is 23.9 Å². The van der Waals surface area contributed by atoms with Gasteiger partial charge in [0.1, 0.15) is 5.75 Å². The number of fused-ring (bicyclic) bond motifs is 1. The van der Waals surface area contributed by atoms with Gasteiger partial charge in [-0.1, -0.05) is 48.5 Å². The van der Waals surface area contributed by atoms with Crippen LogP contribution >= 0.6 is 11.3 Å². The van der Waals surface area contributed by atoms with Crippen LogP contribution in [0.5, 0.6) is 5.75 Å². The average Bonchev–Trinajstić information content (AvgIpc) is 3.25. The van der Waals surface area contributed by atoms with Gasteiger partial charge in [-0.15, -0.1) is 11.3 Å². The highest BCUT2D eigenvalue weighted by molar-refractivity contribution is 7.14. The molecule has 1 aromatic heterocycles. The van der Waals surface area contributed by atoms with E-state index in [4.69, 9.17) is 4.74 Å². The summed E-state index contributed by atoms with van der Waals surface area (Å²) in [5, 5.41) is 9.82. The zero-order chi connectivity index (χ0) is 21.8. The molecule has 7 heteroatoms. The number of methoxy groups -OCH3 is 1. The van der Waals surface area contributed by atoms with Crippen LogP contribution in [0, 0.1) is 0 Å². The van der Waals surface area contributed by atoms with Crippen molar-refractivity contribution < 1.29 is 14.3 Å². The van der Waals surface area contributed by atoms with Crippen molar-refractivity contribution in [3.8, 4) is 17.0 Å². The molecule has 3 aromatic carbocycles. The molecular formula is C24H21N3O3S. The molecule has 0 atom stereocenters. The van der Waals surface area contributed by atoms with E-state index >= 15 is 0 Å². The van der Waals surface area contributed by atoms with Crippen molar-refractivity contribution >= 4 is 39.1 Å². The number of thiazole rings is 1. The van der Waals surface area contributed by atoms with Gasteiger partial charge in [0.2, 0.25) is 5.91 Å². The molecule has 2 N–H and O–H groups in total. The molecule has 0 aliphatic heterocycles. The van der Waals surface area contributed by atoms with Crippen molar-refractivity contribution in [3.63, 3.8) is 0 Å². The molecular weight excluding hydrogens is 410 g/mol. The van der Waals surface area contributed by atoms with Crippen molar-refractivity contribution in [2.45, 2.75) is 13.5 Å². The van der Waals surface area contributed by atoms with E-state index in [-0.39, 0.29) is 11.8 Å². The molecule has 0 unspecified atom stereocenters. The lowest BCUT2D eigenvalue weighted by atomic mass is 10.0. The largest absolute Gasteiger partial charge is 0.496 e. The zero-order valence-corrected chi connectivity index (χ0v) is 18.0. The Bertz CT molecular complexity index is 1250. The van der Waals surface area contributed by atoms with E-state index in [2.05, 4.69) is 15.6 Å². The van der Waals surface area contributed by atoms with Crippen LogP contribution in [-0.2, 0) is 11.3 Å². The molecule has 6 nitrogen and oxygen atoms in total. The van der Waals surface area contributed by atoms with Gasteiger partial charge in [-0.05, 0) is 23.1 Å². The smallest absolute Gasteiger partial charge is 0.258 e. The summed E-state index contributed by atoms with van der Waals surface area (Å²) in [4.78, 5) is 28.5. The molecule has 2 amide bonds. The molecule has 4 rings (SSSR count). The Hall–Kier alpha value is -3.71. The highest BCUT2D eigenvalue weighted by atomic mass is 32.1. The van der Waals surface area contributed by atoms with Gasteiger partial charge in [0.15, 0.2) is 5.13 Å². The number of aromatic nitrogens is 1. The number of nitrogens with zero attached hydrogens (tertiary/aromatic N) is 1. The second kappa shape index (κ2) is 8.97. The van der Waals surface area contributed by atoms with Gasteiger partial charge in [-0.3, -0.25) is 14.9 Å². The Kier molecular flexibility index (Phi) is 5.95. The van der Waals surface area contributed by atoms with E-state index in [1.165, 1.54) is 18.3 Å². The minimum Gasteiger partial charge on any atom is -0.496 e. The maximum absolute atomic E-state index is 12.9. The lowest BCUT2D eigenvalue weighted by Gasteiger charge is -2.10. The van der Waals surface area contributed by atoms with Crippen LogP contribution < -0.4 is 15.4 Å². The first-order valence-electron chi connectivity index (χ1n) is 9.71. The minimum absolute atomic E-state index is 0.0615. The summed E-state index contributed by atoms with van der Waals surface area (Å²) in [5.74, 6) is 0.449. The summed E-state index contributed by atoms with van der Waals surface area (Å²) in [7, 11) is 1.62. The summed E-state index contributed by atoms with van der Waals surface area (Å²) in [6.45, 7) is 1.98. The standard InChI is InChI=1S/C24H21N3O3S/c1-15(28)25-13-16-7-9-17(10-8-16)21-14-31-24(26-21)27-23(29)20-11-12-22(30-2)19-6-4-3-5-18(19)20/h3-12,14H,13H2,1-2H3,(H,25,28)(H,26,27,29). The molecule has 0 spiro atoms. The van der Waals surface area contributed by atoms with Crippen molar-refractivity contribution in [1.29, 1.82) is 0 Å². The molecule has 4 aromatic rings. The maximum Gasteiger partial charge on any atom is 0.258 e. The third-order valence-electron chi connectivity index (χ3n) is 4.86. The molecule has 0 saturated heterocycles. The Labute approximate surface area is 183 Å². The highest BCUT2D eigenvalue weighted by Gasteiger charge is 2.15. The summed E-state index contributed by atoms with van der Waals surface area (Å²) in [6, 6.07) is 19.0. The zero-order valence-electron chi connectivity index (χ0n) is 17.1. The molecule has 0 radical (unpaired) electrons. The summed E-state index contributed by atoms with van der Waals surface area (Å²) in [6.07, 6.45) is 0. The number of carbonyl (C=O) groups is 2. The van der Waals surface area contributed by atoms with Gasteiger partial charge >= 0.3 is 0 Å². The van der Waals surface area contributed by atoms with Crippen LogP contribution in [0.25, 0.3) is 22.0 Å². The van der Waals surface area contributed by atoms with E-state index in [1.807, 2.05) is 53.9 Å². The number of carbonyl (C=O) groups excluding carboxylic acids is 2. The van der Waals surface area contributed by atoms with E-state index in [0.29, 0.717) is 17.2 Å². The van der Waals surface area contributed by atoms with Crippen molar-refractivity contribution in [2.24, 2.45) is 0 Å². The molecule has 0 bridgehead atoms. The third-order valence-corrected chi connectivity index (χ3v) is 5.62. The van der Waals surface area contributed by atoms with Gasteiger partial charge < -0.3 is 10.1 Å². The topological polar surface area (TPSA) is 80.3 Å². The number of anilines is 1. The van der Waals surface area contributed by atoms with Crippen LogP contribution in [0.3, 0.4) is 0 Å². The predicted octanol–water partition coefficient (Wildman–Crippen LogP) is 4.86. The summed E-state index contributed by atoms with van der Waals surface area (Å²) >= 11 is 1.37. The minimum atomic E-state index is -0.217. The number of hydrogen-bond acceptors (Lipinski definition) is 5. The molecule has 0 aliphatic rings. The number of benzene rings is 3. The van der Waals surface area contributed by atoms with E-state index in [9.17, 15) is 9.59 Å². The quantitative estimate of drug-likeness (QED) is 0.457. The van der Waals surface area contributed by atoms with Gasteiger partial charge in [0.25, 0.3) is 5.91 Å². The Balaban J connectivity index is 1.51. The Morgan fingerprint density at radius 3 is 2.45 bits per heavy atom. The maximum atomic E-state index is 12.9. The third kappa shape index (κ3) is 4.57. The molecule has 0 aliphatic carbocycles. The first-order chi connectivity index (χ1) is 15.0. The fourth-order valence-corrected chi connectivity index (χ4v) is 4.01. The molecule has 31 heavy (non-hydrogen) atoms. The highest BCUT2D eigenvalue weighted by Crippen LogP contribution is 2.30. The number of amides is 2. The molecule has 0 fully saturated rings. The molecule has 1 heterocycles. The number of ether oxygens (including phenoxy) is 1. The van der Waals surface area contributed by atoms with Crippen LogP contribution in [0.2, 0.25) is 0 Å². The number of rotatable bonds is 6. The van der Waals surface area contributed by atoms with Crippen molar-refractivity contribution in [2.75, 3.05) is 12.4 Å². The van der Waals surface area contributed by atoms with Gasteiger partial charge in [-0.2, -0.15) is 0 Å². The van der Waals surface area contributed by atoms with Gasteiger partial charge in [0.05, 0.1) is 12.8 Å².